The Bertz CT molecular complexity index is 382. The van der Waals surface area contributed by atoms with Gasteiger partial charge in [-0.05, 0) is 18.9 Å². The molecule has 3 nitrogen and oxygen atoms in total. The summed E-state index contributed by atoms with van der Waals surface area (Å²) in [7, 11) is 1.61. The molecule has 0 aliphatic carbocycles. The molecule has 18 heavy (non-hydrogen) atoms. The van der Waals surface area contributed by atoms with Crippen LogP contribution in [0.25, 0.3) is 0 Å². The van der Waals surface area contributed by atoms with Crippen molar-refractivity contribution in [1.82, 2.24) is 5.32 Å². The molecule has 0 saturated heterocycles. The molecule has 0 aliphatic rings. The predicted molar refractivity (Wildman–Crippen MR) is 74.3 cm³/mol. The third-order valence-corrected chi connectivity index (χ3v) is 3.29. The van der Waals surface area contributed by atoms with E-state index in [0.29, 0.717) is 13.0 Å². The van der Waals surface area contributed by atoms with Gasteiger partial charge in [0.25, 0.3) is 0 Å². The van der Waals surface area contributed by atoms with Gasteiger partial charge in [0.2, 0.25) is 5.91 Å². The van der Waals surface area contributed by atoms with Crippen LogP contribution in [0.4, 0.5) is 0 Å². The van der Waals surface area contributed by atoms with E-state index in [2.05, 4.69) is 5.32 Å². The van der Waals surface area contributed by atoms with Crippen LogP contribution in [-0.2, 0) is 11.2 Å². The molecule has 0 spiro atoms. The van der Waals surface area contributed by atoms with Crippen LogP contribution in [0, 0.1) is 0 Å². The molecular weight excluding hydrogens is 250 g/mol. The van der Waals surface area contributed by atoms with Crippen LogP contribution in [0.2, 0.25) is 0 Å². The minimum Gasteiger partial charge on any atom is -0.496 e. The van der Waals surface area contributed by atoms with Crippen molar-refractivity contribution in [3.63, 3.8) is 0 Å². The Labute approximate surface area is 113 Å². The van der Waals surface area contributed by atoms with E-state index in [4.69, 9.17) is 16.3 Å². The molecular formula is C14H20ClNO2. The monoisotopic (exact) mass is 269 g/mol. The molecule has 1 amide bonds. The van der Waals surface area contributed by atoms with Crippen LogP contribution in [-0.4, -0.2) is 24.9 Å². The highest BCUT2D eigenvalue weighted by Crippen LogP contribution is 2.17. The Balaban J connectivity index is 2.40. The molecule has 1 N–H and O–H groups in total. The van der Waals surface area contributed by atoms with Crippen molar-refractivity contribution in [2.45, 2.75) is 31.6 Å². The molecule has 0 heterocycles. The molecule has 0 aromatic heterocycles. The van der Waals surface area contributed by atoms with E-state index in [-0.39, 0.29) is 11.3 Å². The number of carbonyl (C=O) groups is 1. The highest BCUT2D eigenvalue weighted by molar-refractivity contribution is 6.20. The quantitative estimate of drug-likeness (QED) is 0.773. The van der Waals surface area contributed by atoms with Crippen molar-refractivity contribution in [3.8, 4) is 5.75 Å². The molecule has 1 aromatic carbocycles. The summed E-state index contributed by atoms with van der Waals surface area (Å²) < 4.78 is 5.21. The molecule has 0 bridgehead atoms. The lowest BCUT2D eigenvalue weighted by molar-refractivity contribution is -0.120. The molecule has 1 aromatic rings. The number of methoxy groups -OCH3 is 1. The van der Waals surface area contributed by atoms with Crippen molar-refractivity contribution in [2.24, 2.45) is 0 Å². The number of hydrogen-bond acceptors (Lipinski definition) is 2. The summed E-state index contributed by atoms with van der Waals surface area (Å²) in [6, 6.07) is 7.54. The fourth-order valence-corrected chi connectivity index (χ4v) is 1.77. The molecule has 1 rings (SSSR count). The van der Waals surface area contributed by atoms with Crippen LogP contribution in [0.15, 0.2) is 24.3 Å². The van der Waals surface area contributed by atoms with Gasteiger partial charge in [0.1, 0.15) is 5.75 Å². The first-order valence-electron chi connectivity index (χ1n) is 6.20. The van der Waals surface area contributed by atoms with Crippen LogP contribution in [0.1, 0.15) is 25.3 Å². The van der Waals surface area contributed by atoms with E-state index >= 15 is 0 Å². The van der Waals surface area contributed by atoms with Gasteiger partial charge in [-0.2, -0.15) is 0 Å². The summed E-state index contributed by atoms with van der Waals surface area (Å²) >= 11 is 5.99. The lowest BCUT2D eigenvalue weighted by Gasteiger charge is -2.10. The molecule has 0 radical (unpaired) electrons. The Hall–Kier alpha value is -1.22. The van der Waals surface area contributed by atoms with Gasteiger partial charge < -0.3 is 10.1 Å². The minimum atomic E-state index is -0.000491. The molecule has 4 heteroatoms. The van der Waals surface area contributed by atoms with Gasteiger partial charge in [-0.3, -0.25) is 4.79 Å². The molecule has 1 unspecified atom stereocenters. The molecule has 1 atom stereocenters. The van der Waals surface area contributed by atoms with Gasteiger partial charge >= 0.3 is 0 Å². The molecule has 0 fully saturated rings. The average Bonchev–Trinajstić information content (AvgIpc) is 2.39. The van der Waals surface area contributed by atoms with E-state index in [0.717, 1.165) is 24.2 Å². The minimum absolute atomic E-state index is 0.000491. The number of amides is 1. The largest absolute Gasteiger partial charge is 0.496 e. The number of ether oxygens (including phenoxy) is 1. The Morgan fingerprint density at radius 1 is 1.44 bits per heavy atom. The fraction of sp³-hybridized carbons (Fsp3) is 0.500. The van der Waals surface area contributed by atoms with E-state index in [1.165, 1.54) is 0 Å². The number of alkyl halides is 1. The van der Waals surface area contributed by atoms with Crippen molar-refractivity contribution in [1.29, 1.82) is 0 Å². The number of carbonyl (C=O) groups excluding carboxylic acids is 1. The van der Waals surface area contributed by atoms with Gasteiger partial charge in [-0.15, -0.1) is 11.6 Å². The second-order valence-corrected chi connectivity index (χ2v) is 4.75. The number of benzene rings is 1. The standard InChI is InChI=1S/C14H20ClNO2/c1-3-12(15)8-9-16-14(17)10-11-6-4-5-7-13(11)18-2/h4-7,12H,3,8-10H2,1-2H3,(H,16,17). The van der Waals surface area contributed by atoms with Crippen molar-refractivity contribution >= 4 is 17.5 Å². The number of rotatable bonds is 7. The number of hydrogen-bond donors (Lipinski definition) is 1. The summed E-state index contributed by atoms with van der Waals surface area (Å²) in [5, 5.41) is 3.00. The summed E-state index contributed by atoms with van der Waals surface area (Å²) in [6.45, 7) is 2.66. The number of para-hydroxylation sites is 1. The lowest BCUT2D eigenvalue weighted by Crippen LogP contribution is -2.27. The maximum absolute atomic E-state index is 11.7. The maximum atomic E-state index is 11.7. The SMILES string of the molecule is CCC(Cl)CCNC(=O)Cc1ccccc1OC. The molecule has 0 saturated carbocycles. The second kappa shape index (κ2) is 7.98. The first-order chi connectivity index (χ1) is 8.67. The van der Waals surface area contributed by atoms with Crippen LogP contribution < -0.4 is 10.1 Å². The van der Waals surface area contributed by atoms with Crippen molar-refractivity contribution < 1.29 is 9.53 Å². The lowest BCUT2D eigenvalue weighted by atomic mass is 10.1. The third kappa shape index (κ3) is 4.96. The summed E-state index contributed by atoms with van der Waals surface area (Å²) in [5.74, 6) is 0.746. The number of halogens is 1. The van der Waals surface area contributed by atoms with Crippen molar-refractivity contribution in [3.05, 3.63) is 29.8 Å². The van der Waals surface area contributed by atoms with Gasteiger partial charge in [0.15, 0.2) is 0 Å². The Kier molecular flexibility index (Phi) is 6.58. The highest BCUT2D eigenvalue weighted by Gasteiger charge is 2.08. The van der Waals surface area contributed by atoms with Gasteiger partial charge in [0, 0.05) is 17.5 Å². The first kappa shape index (κ1) is 14.8. The number of nitrogens with one attached hydrogen (secondary N) is 1. The predicted octanol–water partition coefficient (Wildman–Crippen LogP) is 2.76. The zero-order valence-corrected chi connectivity index (χ0v) is 11.7. The smallest absolute Gasteiger partial charge is 0.224 e. The van der Waals surface area contributed by atoms with Crippen LogP contribution in [0.5, 0.6) is 5.75 Å². The zero-order chi connectivity index (χ0) is 13.4. The van der Waals surface area contributed by atoms with E-state index in [9.17, 15) is 4.79 Å². The Morgan fingerprint density at radius 2 is 2.17 bits per heavy atom. The summed E-state index contributed by atoms with van der Waals surface area (Å²) in [6.07, 6.45) is 2.06. The van der Waals surface area contributed by atoms with E-state index in [1.807, 2.05) is 31.2 Å². The molecule has 0 aliphatic heterocycles. The van der Waals surface area contributed by atoms with Crippen LogP contribution in [0.3, 0.4) is 0 Å². The normalized spacial score (nSPS) is 11.9. The summed E-state index contributed by atoms with van der Waals surface area (Å²) in [5.41, 5.74) is 0.899. The van der Waals surface area contributed by atoms with Gasteiger partial charge in [0.05, 0.1) is 13.5 Å². The van der Waals surface area contributed by atoms with Gasteiger partial charge in [-0.1, -0.05) is 25.1 Å². The van der Waals surface area contributed by atoms with E-state index < -0.39 is 0 Å². The Morgan fingerprint density at radius 3 is 2.83 bits per heavy atom. The fourth-order valence-electron chi connectivity index (χ4n) is 1.66. The average molecular weight is 270 g/mol. The first-order valence-corrected chi connectivity index (χ1v) is 6.63. The highest BCUT2D eigenvalue weighted by atomic mass is 35.5. The third-order valence-electron chi connectivity index (χ3n) is 2.77. The zero-order valence-electron chi connectivity index (χ0n) is 10.9. The second-order valence-electron chi connectivity index (χ2n) is 4.13. The van der Waals surface area contributed by atoms with Crippen molar-refractivity contribution in [2.75, 3.05) is 13.7 Å². The van der Waals surface area contributed by atoms with Gasteiger partial charge in [-0.25, -0.2) is 0 Å². The topological polar surface area (TPSA) is 38.3 Å². The summed E-state index contributed by atoms with van der Waals surface area (Å²) in [4.78, 5) is 11.7. The molecule has 100 valence electrons. The van der Waals surface area contributed by atoms with Crippen LogP contribution >= 0.6 is 11.6 Å². The maximum Gasteiger partial charge on any atom is 0.224 e. The van der Waals surface area contributed by atoms with E-state index in [1.54, 1.807) is 7.11 Å².